The number of benzene rings is 1. The molecular weight excluding hydrogens is 364 g/mol. The molecule has 1 aromatic heterocycles. The van der Waals surface area contributed by atoms with Crippen LogP contribution in [-0.4, -0.2) is 35.9 Å². The van der Waals surface area contributed by atoms with Crippen molar-refractivity contribution in [1.29, 1.82) is 0 Å². The highest BCUT2D eigenvalue weighted by molar-refractivity contribution is 7.80. The summed E-state index contributed by atoms with van der Waals surface area (Å²) in [7, 11) is 1.50. The second kappa shape index (κ2) is 10.9. The molecule has 1 heterocycles. The standard InChI is InChI=1S/C19H22N4O3S/c1-3-4-10-21-19(27)23-22-12-14-7-8-16(17(11-14)25-2)26-18(24)15-6-5-9-20-13-15/h5-9,11-13H,3-4,10H2,1-2H3,(H2,21,23,27)/b22-12-. The highest BCUT2D eigenvalue weighted by Gasteiger charge is 2.12. The number of esters is 1. The molecule has 7 nitrogen and oxygen atoms in total. The average Bonchev–Trinajstić information content (AvgIpc) is 2.69. The van der Waals surface area contributed by atoms with Gasteiger partial charge in [0.15, 0.2) is 16.6 Å². The Bertz CT molecular complexity index is 797. The van der Waals surface area contributed by atoms with Crippen molar-refractivity contribution in [2.45, 2.75) is 19.8 Å². The molecule has 0 spiro atoms. The minimum atomic E-state index is -0.506. The first-order valence-electron chi connectivity index (χ1n) is 8.51. The molecule has 0 amide bonds. The van der Waals surface area contributed by atoms with Crippen molar-refractivity contribution in [3.05, 3.63) is 53.9 Å². The molecule has 0 fully saturated rings. The first-order valence-corrected chi connectivity index (χ1v) is 8.92. The predicted octanol–water partition coefficient (Wildman–Crippen LogP) is 2.91. The second-order valence-corrected chi connectivity index (χ2v) is 5.93. The van der Waals surface area contributed by atoms with Crippen molar-refractivity contribution in [2.75, 3.05) is 13.7 Å². The van der Waals surface area contributed by atoms with Crippen LogP contribution < -0.4 is 20.2 Å². The van der Waals surface area contributed by atoms with E-state index in [0.29, 0.717) is 22.2 Å². The van der Waals surface area contributed by atoms with E-state index in [9.17, 15) is 4.79 Å². The molecule has 0 saturated carbocycles. The van der Waals surface area contributed by atoms with Crippen LogP contribution >= 0.6 is 12.2 Å². The van der Waals surface area contributed by atoms with Crippen molar-refractivity contribution in [3.8, 4) is 11.5 Å². The number of carbonyl (C=O) groups is 1. The summed E-state index contributed by atoms with van der Waals surface area (Å²) in [5.74, 6) is 0.223. The summed E-state index contributed by atoms with van der Waals surface area (Å²) in [4.78, 5) is 16.1. The summed E-state index contributed by atoms with van der Waals surface area (Å²) >= 11 is 5.12. The molecule has 0 atom stereocenters. The highest BCUT2D eigenvalue weighted by atomic mass is 32.1. The fourth-order valence-electron chi connectivity index (χ4n) is 2.07. The van der Waals surface area contributed by atoms with Gasteiger partial charge < -0.3 is 14.8 Å². The zero-order valence-electron chi connectivity index (χ0n) is 15.3. The third-order valence-electron chi connectivity index (χ3n) is 3.48. The van der Waals surface area contributed by atoms with E-state index in [1.165, 1.54) is 13.3 Å². The molecule has 27 heavy (non-hydrogen) atoms. The van der Waals surface area contributed by atoms with Crippen molar-refractivity contribution in [3.63, 3.8) is 0 Å². The topological polar surface area (TPSA) is 84.8 Å². The molecule has 0 bridgehead atoms. The summed E-state index contributed by atoms with van der Waals surface area (Å²) in [5, 5.41) is 7.61. The maximum atomic E-state index is 12.1. The number of nitrogens with zero attached hydrogens (tertiary/aromatic N) is 2. The van der Waals surface area contributed by atoms with E-state index < -0.39 is 5.97 Å². The second-order valence-electron chi connectivity index (χ2n) is 5.52. The summed E-state index contributed by atoms with van der Waals surface area (Å²) in [6, 6.07) is 8.41. The quantitative estimate of drug-likeness (QED) is 0.180. The van der Waals surface area contributed by atoms with Crippen LogP contribution in [0.3, 0.4) is 0 Å². The van der Waals surface area contributed by atoms with Gasteiger partial charge in [-0.15, -0.1) is 0 Å². The van der Waals surface area contributed by atoms with Crippen LogP contribution in [0.25, 0.3) is 0 Å². The minimum absolute atomic E-state index is 0.313. The van der Waals surface area contributed by atoms with Crippen molar-refractivity contribution in [1.82, 2.24) is 15.7 Å². The number of hydrazone groups is 1. The summed E-state index contributed by atoms with van der Waals surface area (Å²) in [5.41, 5.74) is 3.87. The number of thiocarbonyl (C=S) groups is 1. The number of hydrogen-bond donors (Lipinski definition) is 2. The molecule has 1 aromatic carbocycles. The number of aromatic nitrogens is 1. The Hall–Kier alpha value is -3.00. The Kier molecular flexibility index (Phi) is 8.18. The average molecular weight is 386 g/mol. The van der Waals surface area contributed by atoms with Gasteiger partial charge >= 0.3 is 5.97 Å². The van der Waals surface area contributed by atoms with E-state index in [4.69, 9.17) is 21.7 Å². The monoisotopic (exact) mass is 386 g/mol. The minimum Gasteiger partial charge on any atom is -0.493 e. The third-order valence-corrected chi connectivity index (χ3v) is 3.72. The van der Waals surface area contributed by atoms with E-state index in [-0.39, 0.29) is 0 Å². The number of unbranched alkanes of at least 4 members (excludes halogenated alkanes) is 1. The molecular formula is C19H22N4O3S. The summed E-state index contributed by atoms with van der Waals surface area (Å²) in [6.45, 7) is 2.92. The molecule has 2 aromatic rings. The number of carbonyl (C=O) groups excluding carboxylic acids is 1. The third kappa shape index (κ3) is 6.67. The highest BCUT2D eigenvalue weighted by Crippen LogP contribution is 2.28. The largest absolute Gasteiger partial charge is 0.493 e. The van der Waals surface area contributed by atoms with Gasteiger partial charge in [0.1, 0.15) is 0 Å². The van der Waals surface area contributed by atoms with Crippen molar-refractivity contribution >= 4 is 29.5 Å². The van der Waals surface area contributed by atoms with Gasteiger partial charge in [-0.1, -0.05) is 13.3 Å². The molecule has 142 valence electrons. The molecule has 0 saturated heterocycles. The molecule has 0 unspecified atom stereocenters. The Morgan fingerprint density at radius 3 is 2.89 bits per heavy atom. The van der Waals surface area contributed by atoms with Gasteiger partial charge in [0.05, 0.1) is 18.9 Å². The lowest BCUT2D eigenvalue weighted by Crippen LogP contribution is -2.32. The lowest BCUT2D eigenvalue weighted by atomic mass is 10.2. The summed E-state index contributed by atoms with van der Waals surface area (Å²) < 4.78 is 10.7. The van der Waals surface area contributed by atoms with Gasteiger partial charge in [-0.05, 0) is 54.5 Å². The normalized spacial score (nSPS) is 10.4. The Labute approximate surface area is 163 Å². The number of pyridine rings is 1. The molecule has 0 radical (unpaired) electrons. The number of ether oxygens (including phenoxy) is 2. The van der Waals surface area contributed by atoms with Gasteiger partial charge in [-0.2, -0.15) is 5.10 Å². The number of rotatable bonds is 8. The Balaban J connectivity index is 1.98. The van der Waals surface area contributed by atoms with Gasteiger partial charge in [0, 0.05) is 18.9 Å². The van der Waals surface area contributed by atoms with Crippen LogP contribution in [0.1, 0.15) is 35.7 Å². The molecule has 0 aliphatic carbocycles. The lowest BCUT2D eigenvalue weighted by molar-refractivity contribution is 0.0729. The Morgan fingerprint density at radius 2 is 2.19 bits per heavy atom. The zero-order valence-corrected chi connectivity index (χ0v) is 16.1. The van der Waals surface area contributed by atoms with Crippen LogP contribution in [-0.2, 0) is 0 Å². The van der Waals surface area contributed by atoms with E-state index in [2.05, 4.69) is 27.8 Å². The van der Waals surface area contributed by atoms with E-state index in [0.717, 1.165) is 24.9 Å². The van der Waals surface area contributed by atoms with Crippen LogP contribution in [0.15, 0.2) is 47.8 Å². The van der Waals surface area contributed by atoms with E-state index in [1.807, 2.05) is 0 Å². The molecule has 0 aliphatic rings. The van der Waals surface area contributed by atoms with Crippen LogP contribution in [0.2, 0.25) is 0 Å². The van der Waals surface area contributed by atoms with Gasteiger partial charge in [-0.25, -0.2) is 4.79 Å². The fourth-order valence-corrected chi connectivity index (χ4v) is 2.23. The van der Waals surface area contributed by atoms with Crippen LogP contribution in [0, 0.1) is 0 Å². The number of hydrogen-bond acceptors (Lipinski definition) is 6. The first kappa shape index (κ1) is 20.3. The smallest absolute Gasteiger partial charge is 0.345 e. The van der Waals surface area contributed by atoms with Crippen LogP contribution in [0.5, 0.6) is 11.5 Å². The number of nitrogens with one attached hydrogen (secondary N) is 2. The molecule has 8 heteroatoms. The van der Waals surface area contributed by atoms with Crippen LogP contribution in [0.4, 0.5) is 0 Å². The maximum absolute atomic E-state index is 12.1. The lowest BCUT2D eigenvalue weighted by Gasteiger charge is -2.10. The van der Waals surface area contributed by atoms with Crippen molar-refractivity contribution < 1.29 is 14.3 Å². The number of methoxy groups -OCH3 is 1. The van der Waals surface area contributed by atoms with Gasteiger partial charge in [-0.3, -0.25) is 10.4 Å². The van der Waals surface area contributed by atoms with E-state index >= 15 is 0 Å². The van der Waals surface area contributed by atoms with E-state index in [1.54, 1.807) is 42.7 Å². The van der Waals surface area contributed by atoms with Gasteiger partial charge in [0.25, 0.3) is 0 Å². The Morgan fingerprint density at radius 1 is 1.33 bits per heavy atom. The molecule has 2 N–H and O–H groups in total. The first-order chi connectivity index (χ1) is 13.1. The fraction of sp³-hybridized carbons (Fsp3) is 0.263. The maximum Gasteiger partial charge on any atom is 0.345 e. The van der Waals surface area contributed by atoms with Gasteiger partial charge in [0.2, 0.25) is 0 Å². The zero-order chi connectivity index (χ0) is 19.5. The summed E-state index contributed by atoms with van der Waals surface area (Å²) in [6.07, 6.45) is 6.77. The van der Waals surface area contributed by atoms with Crippen molar-refractivity contribution in [2.24, 2.45) is 5.10 Å². The molecule has 2 rings (SSSR count). The molecule has 0 aliphatic heterocycles. The predicted molar refractivity (Wildman–Crippen MR) is 108 cm³/mol. The SMILES string of the molecule is CCCCNC(=S)N/N=C\c1ccc(OC(=O)c2cccnc2)c(OC)c1.